The van der Waals surface area contributed by atoms with E-state index in [1.54, 1.807) is 0 Å². The van der Waals surface area contributed by atoms with Gasteiger partial charge in [-0.1, -0.05) is 24.3 Å². The van der Waals surface area contributed by atoms with E-state index in [9.17, 15) is 0 Å². The maximum Gasteiger partial charge on any atom is 0.221 e. The molecule has 0 bridgehead atoms. The van der Waals surface area contributed by atoms with Crippen molar-refractivity contribution in [3.8, 4) is 5.88 Å². The van der Waals surface area contributed by atoms with Gasteiger partial charge in [0.2, 0.25) is 5.88 Å². The monoisotopic (exact) mass is 183 g/mol. The molecule has 0 amide bonds. The molecule has 1 aromatic heterocycles. The van der Waals surface area contributed by atoms with Gasteiger partial charge < -0.3 is 4.74 Å². The average molecular weight is 183 g/mol. The fraction of sp³-hybridized carbons (Fsp3) is 0.0833. The first-order chi connectivity index (χ1) is 6.93. The SMILES string of the molecule is C1=Cc2cc3ccccc3nc2OC1. The summed E-state index contributed by atoms with van der Waals surface area (Å²) < 4.78 is 5.43. The first-order valence-electron chi connectivity index (χ1n) is 4.62. The molecule has 14 heavy (non-hydrogen) atoms. The van der Waals surface area contributed by atoms with Gasteiger partial charge in [0, 0.05) is 10.9 Å². The maximum atomic E-state index is 5.43. The quantitative estimate of drug-likeness (QED) is 0.626. The highest BCUT2D eigenvalue weighted by atomic mass is 16.5. The lowest BCUT2D eigenvalue weighted by Crippen LogP contribution is -2.02. The number of ether oxygens (including phenoxy) is 1. The highest BCUT2D eigenvalue weighted by Crippen LogP contribution is 2.25. The Labute approximate surface area is 81.8 Å². The summed E-state index contributed by atoms with van der Waals surface area (Å²) in [6.07, 6.45) is 4.05. The lowest BCUT2D eigenvalue weighted by Gasteiger charge is -2.11. The predicted molar refractivity (Wildman–Crippen MR) is 56.3 cm³/mol. The zero-order valence-corrected chi connectivity index (χ0v) is 7.60. The smallest absolute Gasteiger partial charge is 0.221 e. The predicted octanol–water partition coefficient (Wildman–Crippen LogP) is 2.64. The molecule has 1 aromatic carbocycles. The van der Waals surface area contributed by atoms with Crippen LogP contribution in [0.1, 0.15) is 5.56 Å². The lowest BCUT2D eigenvalue weighted by atomic mass is 10.1. The van der Waals surface area contributed by atoms with E-state index in [1.165, 1.54) is 0 Å². The van der Waals surface area contributed by atoms with Crippen molar-refractivity contribution in [2.45, 2.75) is 0 Å². The zero-order valence-electron chi connectivity index (χ0n) is 7.60. The summed E-state index contributed by atoms with van der Waals surface area (Å²) >= 11 is 0. The van der Waals surface area contributed by atoms with Gasteiger partial charge in [0.05, 0.1) is 5.52 Å². The third-order valence-electron chi connectivity index (χ3n) is 2.33. The number of hydrogen-bond donors (Lipinski definition) is 0. The molecule has 0 saturated heterocycles. The van der Waals surface area contributed by atoms with Gasteiger partial charge in [-0.15, -0.1) is 0 Å². The summed E-state index contributed by atoms with van der Waals surface area (Å²) in [4.78, 5) is 4.44. The van der Waals surface area contributed by atoms with Crippen molar-refractivity contribution in [2.75, 3.05) is 6.61 Å². The third-order valence-corrected chi connectivity index (χ3v) is 2.33. The number of aromatic nitrogens is 1. The second-order valence-corrected chi connectivity index (χ2v) is 3.29. The van der Waals surface area contributed by atoms with Gasteiger partial charge in [-0.05, 0) is 18.2 Å². The van der Waals surface area contributed by atoms with Gasteiger partial charge in [0.15, 0.2) is 0 Å². The van der Waals surface area contributed by atoms with Crippen LogP contribution in [0, 0.1) is 0 Å². The minimum atomic E-state index is 0.623. The summed E-state index contributed by atoms with van der Waals surface area (Å²) in [5, 5.41) is 1.15. The van der Waals surface area contributed by atoms with E-state index >= 15 is 0 Å². The molecule has 0 aliphatic carbocycles. The van der Waals surface area contributed by atoms with Crippen LogP contribution in [0.15, 0.2) is 36.4 Å². The fourth-order valence-corrected chi connectivity index (χ4v) is 1.65. The molecule has 0 N–H and O–H groups in total. The Morgan fingerprint density at radius 2 is 2.14 bits per heavy atom. The zero-order chi connectivity index (χ0) is 9.38. The normalized spacial score (nSPS) is 13.7. The first-order valence-corrected chi connectivity index (χ1v) is 4.62. The Kier molecular flexibility index (Phi) is 1.53. The second kappa shape index (κ2) is 2.84. The highest BCUT2D eigenvalue weighted by molar-refractivity contribution is 5.82. The molecule has 68 valence electrons. The number of hydrogen-bond acceptors (Lipinski definition) is 2. The van der Waals surface area contributed by atoms with Gasteiger partial charge in [0.25, 0.3) is 0 Å². The molecule has 1 aliphatic rings. The van der Waals surface area contributed by atoms with Crippen LogP contribution in [0.3, 0.4) is 0 Å². The fourth-order valence-electron chi connectivity index (χ4n) is 1.65. The topological polar surface area (TPSA) is 22.1 Å². The Balaban J connectivity index is 2.34. The first kappa shape index (κ1) is 7.56. The van der Waals surface area contributed by atoms with Crippen molar-refractivity contribution in [2.24, 2.45) is 0 Å². The summed E-state index contributed by atoms with van der Waals surface area (Å²) in [5.74, 6) is 0.742. The van der Waals surface area contributed by atoms with Crippen LogP contribution in [0.5, 0.6) is 5.88 Å². The Morgan fingerprint density at radius 3 is 3.14 bits per heavy atom. The molecule has 1 aliphatic heterocycles. The van der Waals surface area contributed by atoms with Crippen LogP contribution < -0.4 is 4.74 Å². The summed E-state index contributed by atoms with van der Waals surface area (Å²) in [6.45, 7) is 0.623. The maximum absolute atomic E-state index is 5.43. The van der Waals surface area contributed by atoms with E-state index in [2.05, 4.69) is 23.2 Å². The van der Waals surface area contributed by atoms with Crippen LogP contribution in [0.2, 0.25) is 0 Å². The number of benzene rings is 1. The van der Waals surface area contributed by atoms with E-state index in [-0.39, 0.29) is 0 Å². The van der Waals surface area contributed by atoms with Crippen LogP contribution in [0.4, 0.5) is 0 Å². The molecule has 3 rings (SSSR count). The standard InChI is InChI=1S/C12H9NO/c1-2-6-11-9(4-1)8-10-5-3-7-14-12(10)13-11/h1-6,8H,7H2. The Bertz CT molecular complexity index is 517. The molecular weight excluding hydrogens is 174 g/mol. The highest BCUT2D eigenvalue weighted by Gasteiger charge is 2.07. The summed E-state index contributed by atoms with van der Waals surface area (Å²) in [6, 6.07) is 10.2. The van der Waals surface area contributed by atoms with Crippen molar-refractivity contribution in [1.29, 1.82) is 0 Å². The van der Waals surface area contributed by atoms with Gasteiger partial charge in [-0.25, -0.2) is 4.98 Å². The Hall–Kier alpha value is -1.83. The van der Waals surface area contributed by atoms with Crippen molar-refractivity contribution in [3.63, 3.8) is 0 Å². The van der Waals surface area contributed by atoms with Gasteiger partial charge in [-0.3, -0.25) is 0 Å². The van der Waals surface area contributed by atoms with Crippen LogP contribution in [-0.4, -0.2) is 11.6 Å². The van der Waals surface area contributed by atoms with Crippen LogP contribution in [0.25, 0.3) is 17.0 Å². The molecular formula is C12H9NO. The minimum Gasteiger partial charge on any atom is -0.473 e. The van der Waals surface area contributed by atoms with E-state index in [4.69, 9.17) is 4.74 Å². The molecule has 0 radical (unpaired) electrons. The minimum absolute atomic E-state index is 0.623. The van der Waals surface area contributed by atoms with Crippen molar-refractivity contribution >= 4 is 17.0 Å². The van der Waals surface area contributed by atoms with Gasteiger partial charge in [0.1, 0.15) is 6.61 Å². The van der Waals surface area contributed by atoms with E-state index in [0.29, 0.717) is 6.61 Å². The number of nitrogens with zero attached hydrogens (tertiary/aromatic N) is 1. The third kappa shape index (κ3) is 1.08. The largest absolute Gasteiger partial charge is 0.473 e. The van der Waals surface area contributed by atoms with Crippen molar-refractivity contribution in [1.82, 2.24) is 4.98 Å². The van der Waals surface area contributed by atoms with E-state index < -0.39 is 0 Å². The van der Waals surface area contributed by atoms with Crippen molar-refractivity contribution in [3.05, 3.63) is 42.0 Å². The van der Waals surface area contributed by atoms with Gasteiger partial charge >= 0.3 is 0 Å². The molecule has 0 fully saturated rings. The van der Waals surface area contributed by atoms with Gasteiger partial charge in [-0.2, -0.15) is 0 Å². The summed E-state index contributed by atoms with van der Waals surface area (Å²) in [7, 11) is 0. The number of para-hydroxylation sites is 1. The second-order valence-electron chi connectivity index (χ2n) is 3.29. The molecule has 0 atom stereocenters. The number of rotatable bonds is 0. The molecule has 2 nitrogen and oxygen atoms in total. The van der Waals surface area contributed by atoms with E-state index in [1.807, 2.05) is 24.3 Å². The van der Waals surface area contributed by atoms with Crippen molar-refractivity contribution < 1.29 is 4.74 Å². The molecule has 2 heteroatoms. The number of fused-ring (bicyclic) bond motifs is 2. The molecule has 2 aromatic rings. The molecule has 0 unspecified atom stereocenters. The summed E-state index contributed by atoms with van der Waals surface area (Å²) in [5.41, 5.74) is 2.05. The molecule has 0 spiro atoms. The average Bonchev–Trinajstić information content (AvgIpc) is 2.26. The molecule has 2 heterocycles. The lowest BCUT2D eigenvalue weighted by molar-refractivity contribution is 0.345. The van der Waals surface area contributed by atoms with Crippen LogP contribution in [-0.2, 0) is 0 Å². The van der Waals surface area contributed by atoms with E-state index in [0.717, 1.165) is 22.3 Å². The Morgan fingerprint density at radius 1 is 1.21 bits per heavy atom. The molecule has 0 saturated carbocycles. The number of pyridine rings is 1. The van der Waals surface area contributed by atoms with Crippen LogP contribution >= 0.6 is 0 Å².